The third-order valence-electron chi connectivity index (χ3n) is 3.04. The third kappa shape index (κ3) is 3.61. The zero-order valence-corrected chi connectivity index (χ0v) is 13.1. The Balaban J connectivity index is 2.21. The number of nitriles is 1. The van der Waals surface area contributed by atoms with E-state index in [1.807, 2.05) is 43.3 Å². The highest BCUT2D eigenvalue weighted by molar-refractivity contribution is 9.10. The van der Waals surface area contributed by atoms with Crippen LogP contribution in [-0.2, 0) is 4.79 Å². The van der Waals surface area contributed by atoms with Gasteiger partial charge in [0.1, 0.15) is 11.6 Å². The minimum atomic E-state index is -0.289. The molecule has 1 saturated carbocycles. The van der Waals surface area contributed by atoms with Gasteiger partial charge in [0, 0.05) is 24.6 Å². The lowest BCUT2D eigenvalue weighted by Gasteiger charge is -2.14. The van der Waals surface area contributed by atoms with Crippen LogP contribution in [0.15, 0.2) is 28.2 Å². The average Bonchev–Trinajstić information content (AvgIpc) is 3.19. The predicted octanol–water partition coefficient (Wildman–Crippen LogP) is 2.70. The van der Waals surface area contributed by atoms with E-state index < -0.39 is 0 Å². The standard InChI is InChI=1S/C15H16BrN3O/c1-19(2)14-6-3-10(8-13(14)16)7-11(9-17)15(20)18-12-4-5-12/h3,6-8,12H,4-5H2,1-2H3,(H,18,20)/b11-7+. The van der Waals surface area contributed by atoms with E-state index in [2.05, 4.69) is 21.2 Å². The van der Waals surface area contributed by atoms with Gasteiger partial charge in [-0.05, 0) is 52.5 Å². The van der Waals surface area contributed by atoms with Gasteiger partial charge < -0.3 is 10.2 Å². The van der Waals surface area contributed by atoms with E-state index in [4.69, 9.17) is 5.26 Å². The van der Waals surface area contributed by atoms with Crippen LogP contribution in [0.4, 0.5) is 5.69 Å². The van der Waals surface area contributed by atoms with Crippen LogP contribution in [0, 0.1) is 11.3 Å². The Kier molecular flexibility index (Phi) is 4.46. The molecule has 0 radical (unpaired) electrons. The van der Waals surface area contributed by atoms with E-state index in [0.29, 0.717) is 0 Å². The number of hydrogen-bond donors (Lipinski definition) is 1. The molecule has 0 spiro atoms. The summed E-state index contributed by atoms with van der Waals surface area (Å²) in [6, 6.07) is 7.95. The third-order valence-corrected chi connectivity index (χ3v) is 3.68. The highest BCUT2D eigenvalue weighted by Crippen LogP contribution is 2.26. The number of carbonyl (C=O) groups excluding carboxylic acids is 1. The van der Waals surface area contributed by atoms with Crippen LogP contribution in [-0.4, -0.2) is 26.0 Å². The molecule has 1 aromatic rings. The molecular weight excluding hydrogens is 318 g/mol. The zero-order chi connectivity index (χ0) is 14.7. The number of benzene rings is 1. The summed E-state index contributed by atoms with van der Waals surface area (Å²) in [5, 5.41) is 11.9. The Morgan fingerprint density at radius 3 is 2.70 bits per heavy atom. The number of nitrogens with zero attached hydrogens (tertiary/aromatic N) is 2. The fourth-order valence-corrected chi connectivity index (χ4v) is 2.53. The monoisotopic (exact) mass is 333 g/mol. The van der Waals surface area contributed by atoms with Crippen molar-refractivity contribution < 1.29 is 4.79 Å². The number of rotatable bonds is 4. The van der Waals surface area contributed by atoms with E-state index in [1.165, 1.54) is 0 Å². The van der Waals surface area contributed by atoms with Gasteiger partial charge in [-0.2, -0.15) is 5.26 Å². The lowest BCUT2D eigenvalue weighted by Crippen LogP contribution is -2.26. The Bertz CT molecular complexity index is 598. The van der Waals surface area contributed by atoms with Crippen molar-refractivity contribution in [3.8, 4) is 6.07 Å². The number of hydrogen-bond acceptors (Lipinski definition) is 3. The number of nitrogens with one attached hydrogen (secondary N) is 1. The SMILES string of the molecule is CN(C)c1ccc(/C=C(\C#N)C(=O)NC2CC2)cc1Br. The lowest BCUT2D eigenvalue weighted by atomic mass is 10.1. The molecule has 0 bridgehead atoms. The highest BCUT2D eigenvalue weighted by Gasteiger charge is 2.24. The Labute approximate surface area is 127 Å². The van der Waals surface area contributed by atoms with Crippen molar-refractivity contribution in [2.45, 2.75) is 18.9 Å². The molecule has 104 valence electrons. The van der Waals surface area contributed by atoms with Crippen molar-refractivity contribution in [2.75, 3.05) is 19.0 Å². The molecule has 0 heterocycles. The molecule has 1 fully saturated rings. The summed E-state index contributed by atoms with van der Waals surface area (Å²) < 4.78 is 0.927. The topological polar surface area (TPSA) is 56.1 Å². The molecule has 1 aromatic carbocycles. The molecule has 1 aliphatic rings. The van der Waals surface area contributed by atoms with Gasteiger partial charge in [-0.15, -0.1) is 0 Å². The van der Waals surface area contributed by atoms with Gasteiger partial charge >= 0.3 is 0 Å². The molecule has 0 unspecified atom stereocenters. The second kappa shape index (κ2) is 6.10. The van der Waals surface area contributed by atoms with E-state index in [-0.39, 0.29) is 17.5 Å². The van der Waals surface area contributed by atoms with Crippen molar-refractivity contribution in [1.82, 2.24) is 5.32 Å². The summed E-state index contributed by atoms with van der Waals surface area (Å²) in [6.45, 7) is 0. The number of carbonyl (C=O) groups is 1. The molecule has 0 saturated heterocycles. The van der Waals surface area contributed by atoms with Gasteiger partial charge in [-0.1, -0.05) is 6.07 Å². The van der Waals surface area contributed by atoms with E-state index in [9.17, 15) is 4.79 Å². The lowest BCUT2D eigenvalue weighted by molar-refractivity contribution is -0.117. The smallest absolute Gasteiger partial charge is 0.262 e. The van der Waals surface area contributed by atoms with Gasteiger partial charge in [0.2, 0.25) is 0 Å². The quantitative estimate of drug-likeness (QED) is 0.680. The maximum absolute atomic E-state index is 11.9. The van der Waals surface area contributed by atoms with Crippen LogP contribution < -0.4 is 10.2 Å². The van der Waals surface area contributed by atoms with Gasteiger partial charge in [0.05, 0.1) is 5.69 Å². The Morgan fingerprint density at radius 1 is 1.50 bits per heavy atom. The summed E-state index contributed by atoms with van der Waals surface area (Å²) in [6.07, 6.45) is 3.63. The van der Waals surface area contributed by atoms with Crippen molar-refractivity contribution in [2.24, 2.45) is 0 Å². The molecule has 1 N–H and O–H groups in total. The molecule has 1 aliphatic carbocycles. The van der Waals surface area contributed by atoms with Gasteiger partial charge in [-0.25, -0.2) is 0 Å². The summed E-state index contributed by atoms with van der Waals surface area (Å²) in [5.41, 5.74) is 2.01. The molecule has 4 nitrogen and oxygen atoms in total. The normalized spacial score (nSPS) is 14.6. The summed E-state index contributed by atoms with van der Waals surface area (Å²) in [7, 11) is 3.92. The van der Waals surface area contributed by atoms with Gasteiger partial charge in [0.25, 0.3) is 5.91 Å². The Morgan fingerprint density at radius 2 is 2.20 bits per heavy atom. The first-order chi connectivity index (χ1) is 9.51. The predicted molar refractivity (Wildman–Crippen MR) is 83.2 cm³/mol. The summed E-state index contributed by atoms with van der Waals surface area (Å²) >= 11 is 3.49. The van der Waals surface area contributed by atoms with Crippen molar-refractivity contribution in [1.29, 1.82) is 5.26 Å². The maximum Gasteiger partial charge on any atom is 0.262 e. The number of halogens is 1. The molecular formula is C15H16BrN3O. The maximum atomic E-state index is 11.9. The van der Waals surface area contributed by atoms with Crippen molar-refractivity contribution in [3.05, 3.63) is 33.8 Å². The van der Waals surface area contributed by atoms with E-state index in [0.717, 1.165) is 28.6 Å². The van der Waals surface area contributed by atoms with Crippen LogP contribution >= 0.6 is 15.9 Å². The first-order valence-electron chi connectivity index (χ1n) is 6.41. The zero-order valence-electron chi connectivity index (χ0n) is 11.5. The minimum Gasteiger partial charge on any atom is -0.377 e. The molecule has 1 amide bonds. The second-order valence-electron chi connectivity index (χ2n) is 5.02. The average molecular weight is 334 g/mol. The first kappa shape index (κ1) is 14.6. The van der Waals surface area contributed by atoms with Crippen LogP contribution in [0.2, 0.25) is 0 Å². The second-order valence-corrected chi connectivity index (χ2v) is 5.88. The minimum absolute atomic E-state index is 0.140. The molecule has 2 rings (SSSR count). The molecule has 0 aromatic heterocycles. The van der Waals surface area contributed by atoms with Gasteiger partial charge in [-0.3, -0.25) is 4.79 Å². The highest BCUT2D eigenvalue weighted by atomic mass is 79.9. The van der Waals surface area contributed by atoms with E-state index in [1.54, 1.807) is 6.08 Å². The fraction of sp³-hybridized carbons (Fsp3) is 0.333. The molecule has 0 atom stereocenters. The van der Waals surface area contributed by atoms with Gasteiger partial charge in [0.15, 0.2) is 0 Å². The van der Waals surface area contributed by atoms with Crippen molar-refractivity contribution >= 4 is 33.6 Å². The summed E-state index contributed by atoms with van der Waals surface area (Å²) in [5.74, 6) is -0.289. The van der Waals surface area contributed by atoms with Crippen LogP contribution in [0.3, 0.4) is 0 Å². The Hall–Kier alpha value is -1.80. The fourth-order valence-electron chi connectivity index (χ4n) is 1.78. The van der Waals surface area contributed by atoms with Crippen LogP contribution in [0.5, 0.6) is 0 Å². The largest absolute Gasteiger partial charge is 0.377 e. The number of anilines is 1. The van der Waals surface area contributed by atoms with E-state index >= 15 is 0 Å². The molecule has 5 heteroatoms. The molecule has 0 aliphatic heterocycles. The number of amides is 1. The summed E-state index contributed by atoms with van der Waals surface area (Å²) in [4.78, 5) is 13.9. The van der Waals surface area contributed by atoms with Crippen LogP contribution in [0.25, 0.3) is 6.08 Å². The molecule has 20 heavy (non-hydrogen) atoms. The van der Waals surface area contributed by atoms with Crippen molar-refractivity contribution in [3.63, 3.8) is 0 Å². The first-order valence-corrected chi connectivity index (χ1v) is 7.20. The van der Waals surface area contributed by atoms with Crippen LogP contribution in [0.1, 0.15) is 18.4 Å².